The number of aromatic nitrogens is 1. The van der Waals surface area contributed by atoms with E-state index in [2.05, 4.69) is 25.3 Å². The van der Waals surface area contributed by atoms with E-state index in [4.69, 9.17) is 11.6 Å². The second-order valence-corrected chi connectivity index (χ2v) is 2.75. The summed E-state index contributed by atoms with van der Waals surface area (Å²) < 4.78 is 4.74. The molecule has 10 heavy (non-hydrogen) atoms. The summed E-state index contributed by atoms with van der Waals surface area (Å²) in [5.41, 5.74) is -0.512. The minimum Gasteiger partial charge on any atom is -0.423 e. The van der Waals surface area contributed by atoms with Crippen molar-refractivity contribution in [2.24, 2.45) is 0 Å². The molecule has 0 aliphatic heterocycles. The molecule has 0 aromatic carbocycles. The Bertz CT molecular complexity index is 309. The van der Waals surface area contributed by atoms with Crippen LogP contribution in [0.4, 0.5) is 0 Å². The number of halogens is 2. The zero-order valence-corrected chi connectivity index (χ0v) is 7.36. The lowest BCUT2D eigenvalue weighted by atomic mass is 10.6. The second kappa shape index (κ2) is 2.72. The normalized spacial score (nSPS) is 9.90. The van der Waals surface area contributed by atoms with Crippen LogP contribution in [-0.2, 0) is 0 Å². The van der Waals surface area contributed by atoms with Crippen LogP contribution in [0, 0.1) is 6.92 Å². The van der Waals surface area contributed by atoms with Gasteiger partial charge in [-0.15, -0.1) is 0 Å². The van der Waals surface area contributed by atoms with Crippen LogP contribution in [0.1, 0.15) is 5.76 Å². The van der Waals surface area contributed by atoms with Crippen LogP contribution < -0.4 is 5.63 Å². The Hall–Kier alpha value is -0.350. The van der Waals surface area contributed by atoms with Crippen molar-refractivity contribution in [1.82, 2.24) is 4.98 Å². The van der Waals surface area contributed by atoms with Crippen LogP contribution in [0.3, 0.4) is 0 Å². The first-order valence-electron chi connectivity index (χ1n) is 2.44. The van der Waals surface area contributed by atoms with Gasteiger partial charge in [0, 0.05) is 0 Å². The molecule has 0 aliphatic rings. The molecule has 0 fully saturated rings. The van der Waals surface area contributed by atoms with Crippen molar-refractivity contribution in [3.8, 4) is 0 Å². The maximum atomic E-state index is 10.7. The molecule has 0 saturated heterocycles. The molecule has 0 spiro atoms. The molecule has 5 heteroatoms. The lowest BCUT2D eigenvalue weighted by molar-refractivity contribution is 0.467. The van der Waals surface area contributed by atoms with Crippen LogP contribution in [-0.4, -0.2) is 4.98 Å². The maximum absolute atomic E-state index is 10.7. The molecule has 0 aliphatic carbocycles. The minimum absolute atomic E-state index is 0.100. The van der Waals surface area contributed by atoms with Crippen molar-refractivity contribution >= 4 is 27.5 Å². The fraction of sp³-hybridized carbons (Fsp3) is 0.200. The summed E-state index contributed by atoms with van der Waals surface area (Å²) in [7, 11) is 0. The molecular formula is C5H3BrClNO2. The molecule has 3 nitrogen and oxygen atoms in total. The maximum Gasteiger partial charge on any atom is 0.369 e. The quantitative estimate of drug-likeness (QED) is 0.674. The van der Waals surface area contributed by atoms with Gasteiger partial charge < -0.3 is 4.42 Å². The molecule has 0 atom stereocenters. The molecule has 0 radical (unpaired) electrons. The summed E-state index contributed by atoms with van der Waals surface area (Å²) in [6, 6.07) is 0. The van der Waals surface area contributed by atoms with E-state index in [-0.39, 0.29) is 9.76 Å². The highest BCUT2D eigenvalue weighted by molar-refractivity contribution is 9.10. The average Bonchev–Trinajstić information content (AvgIpc) is 1.84. The predicted octanol–water partition coefficient (Wildman–Crippen LogP) is 1.76. The molecule has 1 aromatic rings. The van der Waals surface area contributed by atoms with Gasteiger partial charge in [0.05, 0.1) is 0 Å². The van der Waals surface area contributed by atoms with Crippen molar-refractivity contribution in [3.05, 3.63) is 25.9 Å². The van der Waals surface area contributed by atoms with Crippen molar-refractivity contribution < 1.29 is 4.42 Å². The van der Waals surface area contributed by atoms with Gasteiger partial charge in [0.25, 0.3) is 0 Å². The molecular weight excluding hydrogens is 221 g/mol. The van der Waals surface area contributed by atoms with Gasteiger partial charge in [-0.1, -0.05) is 11.6 Å². The molecule has 0 saturated carbocycles. The zero-order chi connectivity index (χ0) is 7.72. The van der Waals surface area contributed by atoms with Crippen molar-refractivity contribution in [2.75, 3.05) is 0 Å². The van der Waals surface area contributed by atoms with Crippen molar-refractivity contribution in [2.45, 2.75) is 6.92 Å². The Labute approximate surface area is 70.2 Å². The van der Waals surface area contributed by atoms with E-state index < -0.39 is 5.63 Å². The van der Waals surface area contributed by atoms with E-state index in [9.17, 15) is 4.79 Å². The van der Waals surface area contributed by atoms with Crippen LogP contribution in [0.15, 0.2) is 13.8 Å². The van der Waals surface area contributed by atoms with Crippen LogP contribution >= 0.6 is 27.5 Å². The van der Waals surface area contributed by atoms with Gasteiger partial charge in [-0.3, -0.25) is 0 Å². The summed E-state index contributed by atoms with van der Waals surface area (Å²) in [6.45, 7) is 1.57. The number of aryl methyl sites for hydroxylation is 1. The Balaban J connectivity index is 3.43. The van der Waals surface area contributed by atoms with Gasteiger partial charge >= 0.3 is 5.63 Å². The Morgan fingerprint density at radius 2 is 2.30 bits per heavy atom. The van der Waals surface area contributed by atoms with Gasteiger partial charge in [0.2, 0.25) is 0 Å². The fourth-order valence-corrected chi connectivity index (χ4v) is 0.917. The third kappa shape index (κ3) is 1.38. The van der Waals surface area contributed by atoms with Crippen molar-refractivity contribution in [1.29, 1.82) is 0 Å². The average molecular weight is 224 g/mol. The molecule has 1 heterocycles. The van der Waals surface area contributed by atoms with E-state index >= 15 is 0 Å². The second-order valence-electron chi connectivity index (χ2n) is 1.64. The summed E-state index contributed by atoms with van der Waals surface area (Å²) in [4.78, 5) is 14.3. The van der Waals surface area contributed by atoms with E-state index in [0.717, 1.165) is 0 Å². The number of hydrogen-bond acceptors (Lipinski definition) is 3. The summed E-state index contributed by atoms with van der Waals surface area (Å²) in [5.74, 6) is 0.329. The predicted molar refractivity (Wildman–Crippen MR) is 40.2 cm³/mol. The molecule has 0 unspecified atom stereocenters. The zero-order valence-electron chi connectivity index (χ0n) is 5.02. The fourth-order valence-electron chi connectivity index (χ4n) is 0.434. The highest BCUT2D eigenvalue weighted by Gasteiger charge is 2.03. The standard InChI is InChI=1S/C5H3BrClNO2/c1-2-4(7)8-3(6)5(9)10-2/h1H3. The molecule has 1 rings (SSSR count). The van der Waals surface area contributed by atoms with Gasteiger partial charge in [0.15, 0.2) is 9.76 Å². The topological polar surface area (TPSA) is 43.1 Å². The van der Waals surface area contributed by atoms with E-state index in [0.29, 0.717) is 5.76 Å². The van der Waals surface area contributed by atoms with Gasteiger partial charge in [-0.25, -0.2) is 9.78 Å². The largest absolute Gasteiger partial charge is 0.423 e. The first-order chi connectivity index (χ1) is 4.61. The molecule has 1 aromatic heterocycles. The monoisotopic (exact) mass is 223 g/mol. The highest BCUT2D eigenvalue weighted by Crippen LogP contribution is 2.11. The molecule has 0 N–H and O–H groups in total. The molecule has 54 valence electrons. The lowest BCUT2D eigenvalue weighted by Crippen LogP contribution is -2.03. The Kier molecular flexibility index (Phi) is 2.11. The van der Waals surface area contributed by atoms with E-state index in [1.807, 2.05) is 0 Å². The van der Waals surface area contributed by atoms with Crippen LogP contribution in [0.2, 0.25) is 5.15 Å². The molecule has 0 bridgehead atoms. The minimum atomic E-state index is -0.512. The van der Waals surface area contributed by atoms with E-state index in [1.54, 1.807) is 6.92 Å². The van der Waals surface area contributed by atoms with Crippen LogP contribution in [0.25, 0.3) is 0 Å². The van der Waals surface area contributed by atoms with Crippen molar-refractivity contribution in [3.63, 3.8) is 0 Å². The first kappa shape index (κ1) is 7.75. The third-order valence-corrected chi connectivity index (χ3v) is 1.75. The number of hydrogen-bond donors (Lipinski definition) is 0. The van der Waals surface area contributed by atoms with Crippen LogP contribution in [0.5, 0.6) is 0 Å². The summed E-state index contributed by atoms with van der Waals surface area (Å²) in [6.07, 6.45) is 0. The van der Waals surface area contributed by atoms with Gasteiger partial charge in [-0.2, -0.15) is 0 Å². The number of nitrogens with zero attached hydrogens (tertiary/aromatic N) is 1. The van der Waals surface area contributed by atoms with Gasteiger partial charge in [0.1, 0.15) is 5.76 Å². The van der Waals surface area contributed by atoms with E-state index in [1.165, 1.54) is 0 Å². The molecule has 0 amide bonds. The number of rotatable bonds is 0. The first-order valence-corrected chi connectivity index (χ1v) is 3.61. The summed E-state index contributed by atoms with van der Waals surface area (Å²) >= 11 is 8.39. The highest BCUT2D eigenvalue weighted by atomic mass is 79.9. The Morgan fingerprint density at radius 3 is 2.80 bits per heavy atom. The Morgan fingerprint density at radius 1 is 1.70 bits per heavy atom. The SMILES string of the molecule is Cc1oc(=O)c(Br)nc1Cl. The smallest absolute Gasteiger partial charge is 0.369 e. The third-order valence-electron chi connectivity index (χ3n) is 0.901. The van der Waals surface area contributed by atoms with Gasteiger partial charge in [-0.05, 0) is 22.9 Å². The lowest BCUT2D eigenvalue weighted by Gasteiger charge is -1.92. The summed E-state index contributed by atoms with van der Waals surface area (Å²) in [5, 5.41) is 0.200.